The van der Waals surface area contributed by atoms with Gasteiger partial charge in [-0.3, -0.25) is 4.90 Å². The Morgan fingerprint density at radius 2 is 1.89 bits per heavy atom. The van der Waals surface area contributed by atoms with Gasteiger partial charge in [0.2, 0.25) is 0 Å². The van der Waals surface area contributed by atoms with Crippen LogP contribution in [-0.4, -0.2) is 48.8 Å². The van der Waals surface area contributed by atoms with Crippen molar-refractivity contribution in [1.82, 2.24) is 10.2 Å². The zero-order valence-corrected chi connectivity index (χ0v) is 13.0. The summed E-state index contributed by atoms with van der Waals surface area (Å²) in [6, 6.07) is 1.36. The molecule has 3 fully saturated rings. The Morgan fingerprint density at radius 1 is 1.21 bits per heavy atom. The van der Waals surface area contributed by atoms with Gasteiger partial charge >= 0.3 is 0 Å². The van der Waals surface area contributed by atoms with Gasteiger partial charge in [-0.15, -0.1) is 0 Å². The average molecular weight is 266 g/mol. The van der Waals surface area contributed by atoms with Gasteiger partial charge in [0.1, 0.15) is 0 Å². The Hall–Kier alpha value is -0.120. The Kier molecular flexibility index (Phi) is 3.43. The quantitative estimate of drug-likeness (QED) is 0.830. The van der Waals surface area contributed by atoms with E-state index >= 15 is 0 Å². The van der Waals surface area contributed by atoms with E-state index in [4.69, 9.17) is 4.74 Å². The molecule has 0 amide bonds. The van der Waals surface area contributed by atoms with E-state index in [1.165, 1.54) is 38.6 Å². The SMILES string of the molecule is COC1CC(N2CC3(CCCC3)NCC2C)C1(C)C. The zero-order valence-electron chi connectivity index (χ0n) is 13.0. The summed E-state index contributed by atoms with van der Waals surface area (Å²) in [4.78, 5) is 2.79. The summed E-state index contributed by atoms with van der Waals surface area (Å²) in [5, 5.41) is 3.86. The lowest BCUT2D eigenvalue weighted by molar-refractivity contribution is -0.155. The Balaban J connectivity index is 1.72. The van der Waals surface area contributed by atoms with Crippen molar-refractivity contribution < 1.29 is 4.74 Å². The third-order valence-corrected chi connectivity index (χ3v) is 6.20. The molecule has 1 aliphatic heterocycles. The number of ether oxygens (including phenoxy) is 1. The first-order chi connectivity index (χ1) is 8.98. The number of hydrogen-bond acceptors (Lipinski definition) is 3. The van der Waals surface area contributed by atoms with E-state index in [2.05, 4.69) is 31.0 Å². The first kappa shape index (κ1) is 13.8. The van der Waals surface area contributed by atoms with E-state index in [1.54, 1.807) is 0 Å². The lowest BCUT2D eigenvalue weighted by Gasteiger charge is -2.60. The van der Waals surface area contributed by atoms with Crippen LogP contribution in [0, 0.1) is 5.41 Å². The van der Waals surface area contributed by atoms with E-state index in [0.717, 1.165) is 6.54 Å². The molecule has 0 aromatic rings. The van der Waals surface area contributed by atoms with Crippen molar-refractivity contribution in [2.45, 2.75) is 76.6 Å². The Labute approximate surface area is 118 Å². The third-order valence-electron chi connectivity index (χ3n) is 6.20. The molecule has 0 bridgehead atoms. The van der Waals surface area contributed by atoms with Crippen LogP contribution in [0.1, 0.15) is 52.9 Å². The second-order valence-electron chi connectivity index (χ2n) is 7.69. The first-order valence-corrected chi connectivity index (χ1v) is 8.02. The smallest absolute Gasteiger partial charge is 0.0652 e. The number of rotatable bonds is 2. The topological polar surface area (TPSA) is 24.5 Å². The maximum absolute atomic E-state index is 5.63. The molecule has 3 rings (SSSR count). The van der Waals surface area contributed by atoms with Gasteiger partial charge in [-0.25, -0.2) is 0 Å². The highest BCUT2D eigenvalue weighted by molar-refractivity contribution is 5.09. The van der Waals surface area contributed by atoms with Crippen LogP contribution >= 0.6 is 0 Å². The second-order valence-corrected chi connectivity index (χ2v) is 7.69. The van der Waals surface area contributed by atoms with Gasteiger partial charge in [0.15, 0.2) is 0 Å². The molecule has 1 spiro atoms. The average Bonchev–Trinajstić information content (AvgIpc) is 2.82. The van der Waals surface area contributed by atoms with Crippen LogP contribution in [0.15, 0.2) is 0 Å². The minimum absolute atomic E-state index is 0.306. The van der Waals surface area contributed by atoms with E-state index in [1.807, 2.05) is 7.11 Å². The first-order valence-electron chi connectivity index (χ1n) is 8.02. The Bertz CT molecular complexity index is 336. The molecule has 3 heteroatoms. The van der Waals surface area contributed by atoms with Crippen molar-refractivity contribution >= 4 is 0 Å². The molecule has 110 valence electrons. The molecule has 2 aliphatic carbocycles. The summed E-state index contributed by atoms with van der Waals surface area (Å²) >= 11 is 0. The highest BCUT2D eigenvalue weighted by Gasteiger charge is 2.54. The Morgan fingerprint density at radius 3 is 2.47 bits per heavy atom. The lowest BCUT2D eigenvalue weighted by atomic mass is 9.63. The predicted octanol–water partition coefficient (Wildman–Crippen LogP) is 2.41. The summed E-state index contributed by atoms with van der Waals surface area (Å²) in [5.41, 5.74) is 0.737. The number of methoxy groups -OCH3 is 1. The molecule has 1 saturated heterocycles. The minimum atomic E-state index is 0.306. The molecule has 1 heterocycles. The molecule has 0 radical (unpaired) electrons. The summed E-state index contributed by atoms with van der Waals surface area (Å²) in [7, 11) is 1.86. The minimum Gasteiger partial charge on any atom is -0.381 e. The molecule has 2 saturated carbocycles. The highest BCUT2D eigenvalue weighted by atomic mass is 16.5. The van der Waals surface area contributed by atoms with E-state index < -0.39 is 0 Å². The van der Waals surface area contributed by atoms with E-state index in [-0.39, 0.29) is 0 Å². The van der Waals surface area contributed by atoms with Crippen LogP contribution in [-0.2, 0) is 4.74 Å². The molecule has 0 aromatic carbocycles. The monoisotopic (exact) mass is 266 g/mol. The standard InChI is InChI=1S/C16H30N2O/c1-12-10-17-16(7-5-6-8-16)11-18(12)13-9-14(19-4)15(13,2)3/h12-14,17H,5-11H2,1-4H3. The molecule has 0 aromatic heterocycles. The van der Waals surface area contributed by atoms with Gasteiger partial charge in [0.25, 0.3) is 0 Å². The fourth-order valence-electron chi connectivity index (χ4n) is 4.67. The molecule has 3 atom stereocenters. The number of piperazine rings is 1. The van der Waals surface area contributed by atoms with Crippen LogP contribution in [0.3, 0.4) is 0 Å². The number of nitrogens with one attached hydrogen (secondary N) is 1. The van der Waals surface area contributed by atoms with Crippen LogP contribution < -0.4 is 5.32 Å². The highest BCUT2D eigenvalue weighted by Crippen LogP contribution is 2.47. The number of hydrogen-bond donors (Lipinski definition) is 1. The zero-order chi connectivity index (χ0) is 13.7. The third kappa shape index (κ3) is 2.14. The van der Waals surface area contributed by atoms with Crippen molar-refractivity contribution in [1.29, 1.82) is 0 Å². The second kappa shape index (κ2) is 4.71. The van der Waals surface area contributed by atoms with Gasteiger partial charge in [-0.1, -0.05) is 26.7 Å². The molecule has 1 N–H and O–H groups in total. The molecule has 3 unspecified atom stereocenters. The summed E-state index contributed by atoms with van der Waals surface area (Å²) in [6.45, 7) is 9.55. The molecule has 3 aliphatic rings. The van der Waals surface area contributed by atoms with Gasteiger partial charge in [0, 0.05) is 43.2 Å². The summed E-state index contributed by atoms with van der Waals surface area (Å²) in [6.07, 6.45) is 7.21. The molecular weight excluding hydrogens is 236 g/mol. The van der Waals surface area contributed by atoms with Crippen LogP contribution in [0.2, 0.25) is 0 Å². The van der Waals surface area contributed by atoms with Crippen molar-refractivity contribution in [3.05, 3.63) is 0 Å². The molecular formula is C16H30N2O. The predicted molar refractivity (Wildman–Crippen MR) is 78.4 cm³/mol. The van der Waals surface area contributed by atoms with Crippen LogP contribution in [0.5, 0.6) is 0 Å². The normalized spacial score (nSPS) is 41.4. The number of nitrogens with zero attached hydrogens (tertiary/aromatic N) is 1. The van der Waals surface area contributed by atoms with Gasteiger partial charge in [0.05, 0.1) is 6.10 Å². The largest absolute Gasteiger partial charge is 0.381 e. The van der Waals surface area contributed by atoms with Crippen molar-refractivity contribution in [2.24, 2.45) is 5.41 Å². The maximum atomic E-state index is 5.63. The van der Waals surface area contributed by atoms with Gasteiger partial charge < -0.3 is 10.1 Å². The summed E-state index contributed by atoms with van der Waals surface area (Å²) in [5.74, 6) is 0. The van der Waals surface area contributed by atoms with Crippen LogP contribution in [0.4, 0.5) is 0 Å². The summed E-state index contributed by atoms with van der Waals surface area (Å²) < 4.78 is 5.63. The van der Waals surface area contributed by atoms with Crippen molar-refractivity contribution in [3.63, 3.8) is 0 Å². The molecule has 19 heavy (non-hydrogen) atoms. The van der Waals surface area contributed by atoms with Gasteiger partial charge in [-0.05, 0) is 26.2 Å². The van der Waals surface area contributed by atoms with Crippen LogP contribution in [0.25, 0.3) is 0 Å². The maximum Gasteiger partial charge on any atom is 0.0652 e. The van der Waals surface area contributed by atoms with Crippen molar-refractivity contribution in [3.8, 4) is 0 Å². The molecule has 3 nitrogen and oxygen atoms in total. The van der Waals surface area contributed by atoms with E-state index in [0.29, 0.717) is 29.1 Å². The lowest BCUT2D eigenvalue weighted by Crippen LogP contribution is -2.71. The van der Waals surface area contributed by atoms with E-state index in [9.17, 15) is 0 Å². The van der Waals surface area contributed by atoms with Crippen molar-refractivity contribution in [2.75, 3.05) is 20.2 Å². The fraction of sp³-hybridized carbons (Fsp3) is 1.00. The fourth-order valence-corrected chi connectivity index (χ4v) is 4.67. The van der Waals surface area contributed by atoms with Gasteiger partial charge in [-0.2, -0.15) is 0 Å².